The Morgan fingerprint density at radius 2 is 1.77 bits per heavy atom. The van der Waals surface area contributed by atoms with Gasteiger partial charge in [0.2, 0.25) is 15.9 Å². The Balaban J connectivity index is 1.59. The van der Waals surface area contributed by atoms with Gasteiger partial charge >= 0.3 is 0 Å². The maximum Gasteiger partial charge on any atom is 0.244 e. The van der Waals surface area contributed by atoms with E-state index in [2.05, 4.69) is 10.2 Å². The van der Waals surface area contributed by atoms with Gasteiger partial charge < -0.3 is 10.2 Å². The molecule has 168 valence electrons. The number of benzene rings is 2. The van der Waals surface area contributed by atoms with Crippen LogP contribution < -0.4 is 5.32 Å². The highest BCUT2D eigenvalue weighted by atomic mass is 35.5. The molecule has 0 radical (unpaired) electrons. The van der Waals surface area contributed by atoms with Crippen molar-refractivity contribution in [3.05, 3.63) is 64.1 Å². The van der Waals surface area contributed by atoms with Crippen LogP contribution in [0.4, 0.5) is 0 Å². The van der Waals surface area contributed by atoms with Crippen LogP contribution in [0.15, 0.2) is 53.4 Å². The fraction of sp³-hybridized carbons (Fsp3) is 0.409. The predicted octanol–water partition coefficient (Wildman–Crippen LogP) is 3.81. The van der Waals surface area contributed by atoms with E-state index in [1.807, 2.05) is 44.4 Å². The van der Waals surface area contributed by atoms with E-state index in [0.29, 0.717) is 24.4 Å². The lowest BCUT2D eigenvalue weighted by molar-refractivity contribution is -0.126. The maximum atomic E-state index is 13.0. The lowest BCUT2D eigenvalue weighted by atomic mass is 9.97. The Hall–Kier alpha value is -1.64. The van der Waals surface area contributed by atoms with Crippen molar-refractivity contribution in [2.75, 3.05) is 33.7 Å². The van der Waals surface area contributed by atoms with Crippen LogP contribution in [0.2, 0.25) is 10.0 Å². The molecule has 1 aliphatic rings. The summed E-state index contributed by atoms with van der Waals surface area (Å²) in [6, 6.07) is 14.5. The number of likely N-dealkylation sites (N-methyl/N-ethyl adjacent to an activating group) is 1. The molecule has 6 nitrogen and oxygen atoms in total. The number of amides is 1. The third-order valence-electron chi connectivity index (χ3n) is 5.61. The van der Waals surface area contributed by atoms with E-state index in [9.17, 15) is 13.2 Å². The summed E-state index contributed by atoms with van der Waals surface area (Å²) in [4.78, 5) is 14.8. The van der Waals surface area contributed by atoms with Gasteiger partial charge in [0.25, 0.3) is 0 Å². The quantitative estimate of drug-likeness (QED) is 0.649. The molecule has 31 heavy (non-hydrogen) atoms. The van der Waals surface area contributed by atoms with E-state index in [-0.39, 0.29) is 40.9 Å². The van der Waals surface area contributed by atoms with Crippen LogP contribution in [0.1, 0.15) is 24.4 Å². The Morgan fingerprint density at radius 1 is 1.13 bits per heavy atom. The molecule has 1 saturated heterocycles. The third-order valence-corrected chi connectivity index (χ3v) is 8.23. The van der Waals surface area contributed by atoms with E-state index >= 15 is 0 Å². The van der Waals surface area contributed by atoms with E-state index in [0.717, 1.165) is 5.56 Å². The van der Waals surface area contributed by atoms with Crippen molar-refractivity contribution in [2.24, 2.45) is 5.92 Å². The van der Waals surface area contributed by atoms with Crippen molar-refractivity contribution in [2.45, 2.75) is 23.8 Å². The lowest BCUT2D eigenvalue weighted by Gasteiger charge is -2.31. The van der Waals surface area contributed by atoms with Crippen molar-refractivity contribution in [3.8, 4) is 0 Å². The molecule has 1 N–H and O–H groups in total. The number of nitrogens with zero attached hydrogens (tertiary/aromatic N) is 2. The zero-order valence-electron chi connectivity index (χ0n) is 17.6. The number of piperidine rings is 1. The van der Waals surface area contributed by atoms with E-state index in [1.165, 1.54) is 16.4 Å². The molecule has 1 unspecified atom stereocenters. The molecule has 3 rings (SSSR count). The fourth-order valence-corrected chi connectivity index (χ4v) is 5.99. The number of carbonyl (C=O) groups is 1. The molecule has 1 amide bonds. The summed E-state index contributed by atoms with van der Waals surface area (Å²) in [7, 11) is 0.202. The molecule has 1 heterocycles. The summed E-state index contributed by atoms with van der Waals surface area (Å²) in [5.41, 5.74) is 1.13. The molecule has 9 heteroatoms. The van der Waals surface area contributed by atoms with Gasteiger partial charge in [0.05, 0.1) is 11.1 Å². The minimum atomic E-state index is -3.76. The number of hydrogen-bond acceptors (Lipinski definition) is 4. The molecule has 2 aromatic rings. The van der Waals surface area contributed by atoms with Gasteiger partial charge in [0, 0.05) is 30.6 Å². The maximum absolute atomic E-state index is 13.0. The highest BCUT2D eigenvalue weighted by Crippen LogP contribution is 2.30. The molecular formula is C22H27Cl2N3O3S. The first-order valence-corrected chi connectivity index (χ1v) is 12.3. The van der Waals surface area contributed by atoms with Gasteiger partial charge in [-0.15, -0.1) is 0 Å². The first-order valence-electron chi connectivity index (χ1n) is 10.1. The molecule has 2 aromatic carbocycles. The Kier molecular flexibility index (Phi) is 7.99. The first-order chi connectivity index (χ1) is 14.7. The normalized spacial score (nSPS) is 16.9. The average molecular weight is 484 g/mol. The Bertz CT molecular complexity index is 1010. The van der Waals surface area contributed by atoms with Gasteiger partial charge in [-0.05, 0) is 50.7 Å². The summed E-state index contributed by atoms with van der Waals surface area (Å²) < 4.78 is 27.3. The van der Waals surface area contributed by atoms with Gasteiger partial charge in [0.1, 0.15) is 4.90 Å². The van der Waals surface area contributed by atoms with Gasteiger partial charge in [-0.2, -0.15) is 4.31 Å². The molecule has 0 aliphatic carbocycles. The number of rotatable bonds is 7. The van der Waals surface area contributed by atoms with E-state index in [4.69, 9.17) is 23.2 Å². The number of carbonyl (C=O) groups excluding carboxylic acids is 1. The first kappa shape index (κ1) is 24.0. The topological polar surface area (TPSA) is 69.7 Å². The molecule has 1 aliphatic heterocycles. The van der Waals surface area contributed by atoms with Crippen LogP contribution >= 0.6 is 23.2 Å². The van der Waals surface area contributed by atoms with Crippen LogP contribution in [-0.2, 0) is 14.8 Å². The summed E-state index contributed by atoms with van der Waals surface area (Å²) in [6.45, 7) is 1.02. The average Bonchev–Trinajstić information content (AvgIpc) is 2.76. The molecule has 0 saturated carbocycles. The van der Waals surface area contributed by atoms with E-state index < -0.39 is 10.0 Å². The highest BCUT2D eigenvalue weighted by Gasteiger charge is 2.33. The van der Waals surface area contributed by atoms with Crippen molar-refractivity contribution < 1.29 is 13.2 Å². The highest BCUT2D eigenvalue weighted by molar-refractivity contribution is 7.89. The second kappa shape index (κ2) is 10.3. The summed E-state index contributed by atoms with van der Waals surface area (Å²) in [5.74, 6) is -0.263. The molecule has 0 spiro atoms. The standard InChI is InChI=1S/C22H27Cl2N3O3S/c1-26(2)20(16-6-4-3-5-7-16)15-25-22(28)17-10-12-27(13-11-17)31(29,30)21-14-18(23)8-9-19(21)24/h3-9,14,17,20H,10-13,15H2,1-2H3,(H,25,28). The van der Waals surface area contributed by atoms with Crippen LogP contribution in [0.3, 0.4) is 0 Å². The van der Waals surface area contributed by atoms with E-state index in [1.54, 1.807) is 6.07 Å². The second-order valence-electron chi connectivity index (χ2n) is 7.89. The van der Waals surface area contributed by atoms with Crippen molar-refractivity contribution in [1.82, 2.24) is 14.5 Å². The summed E-state index contributed by atoms with van der Waals surface area (Å²) >= 11 is 12.0. The lowest BCUT2D eigenvalue weighted by Crippen LogP contribution is -2.44. The van der Waals surface area contributed by atoms with Gasteiger partial charge in [-0.1, -0.05) is 53.5 Å². The number of sulfonamides is 1. The molecule has 1 fully saturated rings. The molecule has 0 aromatic heterocycles. The van der Waals surface area contributed by atoms with Crippen molar-refractivity contribution >= 4 is 39.1 Å². The smallest absolute Gasteiger partial charge is 0.244 e. The summed E-state index contributed by atoms with van der Waals surface area (Å²) in [6.07, 6.45) is 0.919. The zero-order chi connectivity index (χ0) is 22.6. The molecule has 0 bridgehead atoms. The molecular weight excluding hydrogens is 457 g/mol. The predicted molar refractivity (Wildman–Crippen MR) is 124 cm³/mol. The number of nitrogens with one attached hydrogen (secondary N) is 1. The van der Waals surface area contributed by atoms with Crippen LogP contribution in [0, 0.1) is 5.92 Å². The largest absolute Gasteiger partial charge is 0.354 e. The van der Waals surface area contributed by atoms with Gasteiger partial charge in [-0.25, -0.2) is 8.42 Å². The van der Waals surface area contributed by atoms with Gasteiger partial charge in [0.15, 0.2) is 0 Å². The van der Waals surface area contributed by atoms with Crippen LogP contribution in [0.5, 0.6) is 0 Å². The number of hydrogen-bond donors (Lipinski definition) is 1. The SMILES string of the molecule is CN(C)C(CNC(=O)C1CCN(S(=O)(=O)c2cc(Cl)ccc2Cl)CC1)c1ccccc1. The Labute approximate surface area is 194 Å². The van der Waals surface area contributed by atoms with Crippen molar-refractivity contribution in [1.29, 1.82) is 0 Å². The fourth-order valence-electron chi connectivity index (χ4n) is 3.79. The van der Waals surface area contributed by atoms with Crippen LogP contribution in [0.25, 0.3) is 0 Å². The minimum Gasteiger partial charge on any atom is -0.354 e. The Morgan fingerprint density at radius 3 is 2.39 bits per heavy atom. The third kappa shape index (κ3) is 5.79. The minimum absolute atomic E-state index is 0.00116. The van der Waals surface area contributed by atoms with Crippen LogP contribution in [-0.4, -0.2) is 57.3 Å². The summed E-state index contributed by atoms with van der Waals surface area (Å²) in [5, 5.41) is 3.50. The second-order valence-corrected chi connectivity index (χ2v) is 10.6. The monoisotopic (exact) mass is 483 g/mol. The van der Waals surface area contributed by atoms with Gasteiger partial charge in [-0.3, -0.25) is 4.79 Å². The molecule has 1 atom stereocenters. The van der Waals surface area contributed by atoms with Crippen molar-refractivity contribution in [3.63, 3.8) is 0 Å². The number of halogens is 2. The zero-order valence-corrected chi connectivity index (χ0v) is 19.9.